The van der Waals surface area contributed by atoms with Gasteiger partial charge in [0.15, 0.2) is 11.6 Å². The number of aromatic nitrogens is 2. The molecule has 0 unspecified atom stereocenters. The van der Waals surface area contributed by atoms with Crippen LogP contribution in [0.4, 0.5) is 8.78 Å². The van der Waals surface area contributed by atoms with Gasteiger partial charge >= 0.3 is 0 Å². The molecule has 0 atom stereocenters. The lowest BCUT2D eigenvalue weighted by Gasteiger charge is -2.10. The van der Waals surface area contributed by atoms with Crippen LogP contribution in [0.2, 0.25) is 5.15 Å². The van der Waals surface area contributed by atoms with E-state index in [1.807, 2.05) is 12.1 Å². The van der Waals surface area contributed by atoms with Gasteiger partial charge in [-0.1, -0.05) is 23.7 Å². The molecule has 0 bridgehead atoms. The van der Waals surface area contributed by atoms with Crippen molar-refractivity contribution in [3.8, 4) is 17.0 Å². The van der Waals surface area contributed by atoms with E-state index < -0.39 is 17.2 Å². The first-order valence-electron chi connectivity index (χ1n) is 7.33. The predicted molar refractivity (Wildman–Crippen MR) is 91.0 cm³/mol. The fourth-order valence-electron chi connectivity index (χ4n) is 2.38. The zero-order valence-electron chi connectivity index (χ0n) is 13.2. The van der Waals surface area contributed by atoms with Crippen molar-refractivity contribution < 1.29 is 13.5 Å². The number of methoxy groups -OCH3 is 1. The molecule has 0 aliphatic carbocycles. The average Bonchev–Trinajstić information content (AvgIpc) is 2.61. The second kappa shape index (κ2) is 7.03. The fraction of sp³-hybridized carbons (Fsp3) is 0.111. The Balaban J connectivity index is 2.01. The quantitative estimate of drug-likeness (QED) is 0.707. The van der Waals surface area contributed by atoms with E-state index in [0.29, 0.717) is 5.75 Å². The highest BCUT2D eigenvalue weighted by Gasteiger charge is 2.13. The molecule has 0 fully saturated rings. The molecule has 25 heavy (non-hydrogen) atoms. The maximum atomic E-state index is 13.5. The van der Waals surface area contributed by atoms with E-state index in [0.717, 1.165) is 17.7 Å². The highest BCUT2D eigenvalue weighted by atomic mass is 35.5. The summed E-state index contributed by atoms with van der Waals surface area (Å²) in [7, 11) is 1.57. The van der Waals surface area contributed by atoms with Crippen molar-refractivity contribution in [3.05, 3.63) is 81.4 Å². The molecule has 0 saturated heterocycles. The van der Waals surface area contributed by atoms with Crippen LogP contribution in [0.3, 0.4) is 0 Å². The van der Waals surface area contributed by atoms with E-state index in [-0.39, 0.29) is 23.0 Å². The van der Waals surface area contributed by atoms with Gasteiger partial charge in [0.05, 0.1) is 13.7 Å². The monoisotopic (exact) mass is 362 g/mol. The molecular weight excluding hydrogens is 350 g/mol. The summed E-state index contributed by atoms with van der Waals surface area (Å²) in [6, 6.07) is 10.3. The molecule has 1 heterocycles. The molecule has 128 valence electrons. The Kier molecular flexibility index (Phi) is 4.81. The van der Waals surface area contributed by atoms with Gasteiger partial charge in [0, 0.05) is 11.8 Å². The Morgan fingerprint density at radius 1 is 1.12 bits per heavy atom. The largest absolute Gasteiger partial charge is 0.497 e. The summed E-state index contributed by atoms with van der Waals surface area (Å²) in [6.07, 6.45) is 1.40. The maximum Gasteiger partial charge on any atom is 0.277 e. The molecule has 3 aromatic rings. The second-order valence-electron chi connectivity index (χ2n) is 5.32. The number of ether oxygens (including phenoxy) is 1. The van der Waals surface area contributed by atoms with Gasteiger partial charge in [0.1, 0.15) is 16.6 Å². The van der Waals surface area contributed by atoms with Crippen molar-refractivity contribution in [1.82, 2.24) is 9.55 Å². The van der Waals surface area contributed by atoms with Crippen molar-refractivity contribution in [2.45, 2.75) is 6.54 Å². The summed E-state index contributed by atoms with van der Waals surface area (Å²) in [6.45, 7) is 0.252. The minimum absolute atomic E-state index is 0.0417. The van der Waals surface area contributed by atoms with Crippen molar-refractivity contribution >= 4 is 11.6 Å². The molecule has 4 nitrogen and oxygen atoms in total. The van der Waals surface area contributed by atoms with Crippen LogP contribution in [0.15, 0.2) is 53.5 Å². The topological polar surface area (TPSA) is 44.1 Å². The first-order valence-corrected chi connectivity index (χ1v) is 7.71. The summed E-state index contributed by atoms with van der Waals surface area (Å²) < 4.78 is 33.0. The smallest absolute Gasteiger partial charge is 0.277 e. The van der Waals surface area contributed by atoms with Gasteiger partial charge in [0.2, 0.25) is 0 Å². The fourth-order valence-corrected chi connectivity index (χ4v) is 2.59. The normalized spacial score (nSPS) is 10.7. The molecule has 2 aromatic carbocycles. The number of halogens is 3. The van der Waals surface area contributed by atoms with Crippen LogP contribution in [0.5, 0.6) is 5.75 Å². The summed E-state index contributed by atoms with van der Waals surface area (Å²) in [5, 5.41) is 0.0767. The molecule has 7 heteroatoms. The van der Waals surface area contributed by atoms with E-state index in [9.17, 15) is 13.6 Å². The standard InChI is InChI=1S/C18H13ClF2N2O2/c1-25-13-5-2-11(3-6-13)9-23-10-16(19)22-17(18(23)24)12-4-7-14(20)15(21)8-12/h2-8,10H,9H2,1H3. The Hall–Kier alpha value is -2.73. The molecule has 0 radical (unpaired) electrons. The van der Waals surface area contributed by atoms with Crippen LogP contribution >= 0.6 is 11.6 Å². The SMILES string of the molecule is COc1ccc(Cn2cc(Cl)nc(-c3ccc(F)c(F)c3)c2=O)cc1. The molecule has 3 rings (SSSR count). The first kappa shape index (κ1) is 17.1. The Labute approximate surface area is 147 Å². The van der Waals surface area contributed by atoms with Gasteiger partial charge in [-0.05, 0) is 35.9 Å². The molecule has 0 N–H and O–H groups in total. The van der Waals surface area contributed by atoms with Gasteiger partial charge in [-0.25, -0.2) is 13.8 Å². The zero-order valence-corrected chi connectivity index (χ0v) is 13.9. The summed E-state index contributed by atoms with van der Waals surface area (Å²) >= 11 is 6.00. The maximum absolute atomic E-state index is 13.5. The van der Waals surface area contributed by atoms with Gasteiger partial charge in [0.25, 0.3) is 5.56 Å². The van der Waals surface area contributed by atoms with Gasteiger partial charge in [-0.15, -0.1) is 0 Å². The van der Waals surface area contributed by atoms with E-state index in [2.05, 4.69) is 4.98 Å². The highest BCUT2D eigenvalue weighted by molar-refractivity contribution is 6.29. The highest BCUT2D eigenvalue weighted by Crippen LogP contribution is 2.19. The van der Waals surface area contributed by atoms with Crippen LogP contribution < -0.4 is 10.3 Å². The average molecular weight is 363 g/mol. The van der Waals surface area contributed by atoms with Crippen molar-refractivity contribution in [2.24, 2.45) is 0 Å². The number of hydrogen-bond acceptors (Lipinski definition) is 3. The minimum Gasteiger partial charge on any atom is -0.497 e. The van der Waals surface area contributed by atoms with E-state index in [1.165, 1.54) is 16.8 Å². The lowest BCUT2D eigenvalue weighted by atomic mass is 10.1. The predicted octanol–water partition coefficient (Wildman–Crippen LogP) is 3.90. The van der Waals surface area contributed by atoms with Crippen molar-refractivity contribution in [1.29, 1.82) is 0 Å². The molecular formula is C18H13ClF2N2O2. The molecule has 0 saturated carbocycles. The van der Waals surface area contributed by atoms with Crippen molar-refractivity contribution in [2.75, 3.05) is 7.11 Å². The van der Waals surface area contributed by atoms with E-state index >= 15 is 0 Å². The van der Waals surface area contributed by atoms with Gasteiger partial charge < -0.3 is 9.30 Å². The van der Waals surface area contributed by atoms with E-state index in [1.54, 1.807) is 19.2 Å². The zero-order chi connectivity index (χ0) is 18.0. The Morgan fingerprint density at radius 2 is 1.84 bits per heavy atom. The molecule has 0 amide bonds. The van der Waals surface area contributed by atoms with Crippen LogP contribution in [-0.4, -0.2) is 16.7 Å². The first-order chi connectivity index (χ1) is 12.0. The number of rotatable bonds is 4. The Morgan fingerprint density at radius 3 is 2.48 bits per heavy atom. The lowest BCUT2D eigenvalue weighted by molar-refractivity contribution is 0.414. The third-order valence-corrected chi connectivity index (χ3v) is 3.83. The van der Waals surface area contributed by atoms with Crippen LogP contribution in [-0.2, 0) is 6.54 Å². The summed E-state index contributed by atoms with van der Waals surface area (Å²) in [5.74, 6) is -1.35. The van der Waals surface area contributed by atoms with Crippen LogP contribution in [0.1, 0.15) is 5.56 Å². The molecule has 1 aromatic heterocycles. The number of nitrogens with zero attached hydrogens (tertiary/aromatic N) is 2. The molecule has 0 aliphatic heterocycles. The third-order valence-electron chi connectivity index (χ3n) is 3.65. The molecule has 0 spiro atoms. The Bertz CT molecular complexity index is 972. The number of benzene rings is 2. The molecule has 0 aliphatic rings. The third kappa shape index (κ3) is 3.69. The minimum atomic E-state index is -1.06. The summed E-state index contributed by atoms with van der Waals surface area (Å²) in [5.41, 5.74) is 0.516. The number of hydrogen-bond donors (Lipinski definition) is 0. The summed E-state index contributed by atoms with van der Waals surface area (Å²) in [4.78, 5) is 16.6. The van der Waals surface area contributed by atoms with Gasteiger partial charge in [-0.2, -0.15) is 0 Å². The van der Waals surface area contributed by atoms with E-state index in [4.69, 9.17) is 16.3 Å². The lowest BCUT2D eigenvalue weighted by Crippen LogP contribution is -2.23. The van der Waals surface area contributed by atoms with Gasteiger partial charge in [-0.3, -0.25) is 4.79 Å². The van der Waals surface area contributed by atoms with Crippen LogP contribution in [0, 0.1) is 11.6 Å². The van der Waals surface area contributed by atoms with Crippen molar-refractivity contribution in [3.63, 3.8) is 0 Å². The van der Waals surface area contributed by atoms with Crippen LogP contribution in [0.25, 0.3) is 11.3 Å². The second-order valence-corrected chi connectivity index (χ2v) is 5.71.